The minimum Gasteiger partial charge on any atom is -0.543 e. The Hall–Kier alpha value is -1.84. The van der Waals surface area contributed by atoms with Gasteiger partial charge in [-0.05, 0) is 72.2 Å². The van der Waals surface area contributed by atoms with E-state index >= 15 is 0 Å². The van der Waals surface area contributed by atoms with Crippen LogP contribution >= 0.6 is 15.9 Å². The van der Waals surface area contributed by atoms with Crippen LogP contribution in [0, 0.1) is 0 Å². The maximum Gasteiger partial charge on any atom is 0.337 e. The zero-order chi connectivity index (χ0) is 26.8. The quantitative estimate of drug-likeness (QED) is 0.187. The molecule has 0 amide bonds. The Balaban J connectivity index is 2.51. The number of benzene rings is 2. The minimum absolute atomic E-state index is 0.0804. The van der Waals surface area contributed by atoms with Crippen molar-refractivity contribution in [1.82, 2.24) is 0 Å². The fraction of sp³-hybridized carbons (Fsp3) is 0.464. The van der Waals surface area contributed by atoms with Gasteiger partial charge in [-0.25, -0.2) is 4.79 Å². The van der Waals surface area contributed by atoms with Gasteiger partial charge in [0.05, 0.1) is 12.7 Å². The van der Waals surface area contributed by atoms with Crippen molar-refractivity contribution in [3.8, 4) is 11.5 Å². The molecule has 2 rings (SSSR count). The van der Waals surface area contributed by atoms with Crippen molar-refractivity contribution in [2.45, 2.75) is 77.8 Å². The lowest BCUT2D eigenvalue weighted by Crippen LogP contribution is -2.44. The number of carbonyl (C=O) groups excluding carboxylic acids is 1. The molecule has 0 spiro atoms. The van der Waals surface area contributed by atoms with Gasteiger partial charge in [-0.2, -0.15) is 0 Å². The molecule has 0 N–H and O–H groups in total. The van der Waals surface area contributed by atoms with Crippen LogP contribution in [0.1, 0.15) is 63.0 Å². The van der Waals surface area contributed by atoms with E-state index in [1.54, 1.807) is 12.1 Å². The monoisotopic (exact) mass is 576 g/mol. The van der Waals surface area contributed by atoms with Gasteiger partial charge in [0.1, 0.15) is 11.5 Å². The summed E-state index contributed by atoms with van der Waals surface area (Å²) in [5.41, 5.74) is 2.42. The van der Waals surface area contributed by atoms with Crippen LogP contribution in [-0.4, -0.2) is 29.7 Å². The topological polar surface area (TPSA) is 44.8 Å². The molecule has 0 saturated heterocycles. The van der Waals surface area contributed by atoms with E-state index in [2.05, 4.69) is 95.8 Å². The number of hydrogen-bond acceptors (Lipinski definition) is 4. The highest BCUT2D eigenvalue weighted by atomic mass is 79.9. The number of esters is 1. The predicted octanol–water partition coefficient (Wildman–Crippen LogP) is 9.17. The molecular weight excluding hydrogens is 536 g/mol. The molecule has 4 nitrogen and oxygen atoms in total. The second-order valence-electron chi connectivity index (χ2n) is 12.0. The molecule has 0 saturated carbocycles. The standard InChI is InChI=1S/C28H41BrO4Si2/c1-27(2,3)34(8,9)32-23-16-17-25(33-35(10,11)28(4,5)6)21(18-23)14-12-20-13-15-22(19-24(20)29)26(30)31-7/h12-19H,1-11H3/b14-12+. The number of ether oxygens (including phenoxy) is 1. The summed E-state index contributed by atoms with van der Waals surface area (Å²) in [6.07, 6.45) is 4.08. The normalized spacial score (nSPS) is 13.1. The van der Waals surface area contributed by atoms with E-state index in [4.69, 9.17) is 13.6 Å². The molecule has 0 unspecified atom stereocenters. The van der Waals surface area contributed by atoms with Crippen LogP contribution in [0.4, 0.5) is 0 Å². The van der Waals surface area contributed by atoms with Gasteiger partial charge in [-0.1, -0.05) is 75.7 Å². The van der Waals surface area contributed by atoms with Crippen molar-refractivity contribution in [3.63, 3.8) is 0 Å². The lowest BCUT2D eigenvalue weighted by molar-refractivity contribution is 0.0600. The number of halogens is 1. The van der Waals surface area contributed by atoms with Crippen LogP contribution in [-0.2, 0) is 4.74 Å². The first kappa shape index (κ1) is 29.4. The molecule has 0 atom stereocenters. The molecule has 0 aliphatic rings. The van der Waals surface area contributed by atoms with Gasteiger partial charge < -0.3 is 13.6 Å². The van der Waals surface area contributed by atoms with Crippen LogP contribution in [0.15, 0.2) is 40.9 Å². The van der Waals surface area contributed by atoms with Crippen molar-refractivity contribution in [2.24, 2.45) is 0 Å². The summed E-state index contributed by atoms with van der Waals surface area (Å²) in [6, 6.07) is 11.6. The summed E-state index contributed by atoms with van der Waals surface area (Å²) in [5.74, 6) is 1.36. The Bertz CT molecular complexity index is 1090. The molecule has 0 radical (unpaired) electrons. The molecule has 192 valence electrons. The van der Waals surface area contributed by atoms with E-state index < -0.39 is 16.6 Å². The largest absolute Gasteiger partial charge is 0.543 e. The molecule has 0 bridgehead atoms. The summed E-state index contributed by atoms with van der Waals surface area (Å²) >= 11 is 3.59. The summed E-state index contributed by atoms with van der Waals surface area (Å²) in [7, 11) is -2.65. The molecular formula is C28H41BrO4Si2. The zero-order valence-corrected chi connectivity index (χ0v) is 26.7. The lowest BCUT2D eigenvalue weighted by atomic mass is 10.1. The highest BCUT2D eigenvalue weighted by Gasteiger charge is 2.40. The SMILES string of the molecule is COC(=O)c1ccc(/C=C/c2cc(O[Si](C)(C)C(C)(C)C)ccc2O[Si](C)(C)C(C)(C)C)c(Br)c1. The highest BCUT2D eigenvalue weighted by Crippen LogP contribution is 2.41. The molecule has 0 aliphatic heterocycles. The van der Waals surface area contributed by atoms with E-state index in [9.17, 15) is 4.79 Å². The number of hydrogen-bond donors (Lipinski definition) is 0. The van der Waals surface area contributed by atoms with Crippen LogP contribution in [0.3, 0.4) is 0 Å². The lowest BCUT2D eigenvalue weighted by Gasteiger charge is -2.38. The minimum atomic E-state index is -2.04. The Morgan fingerprint density at radius 2 is 1.34 bits per heavy atom. The number of methoxy groups -OCH3 is 1. The van der Waals surface area contributed by atoms with E-state index in [0.717, 1.165) is 27.1 Å². The second kappa shape index (κ2) is 10.6. The fourth-order valence-electron chi connectivity index (χ4n) is 2.78. The van der Waals surface area contributed by atoms with Crippen molar-refractivity contribution >= 4 is 50.7 Å². The van der Waals surface area contributed by atoms with Gasteiger partial charge in [0.15, 0.2) is 0 Å². The highest BCUT2D eigenvalue weighted by molar-refractivity contribution is 9.10. The van der Waals surface area contributed by atoms with Crippen LogP contribution < -0.4 is 8.85 Å². The third kappa shape index (κ3) is 7.34. The molecule has 0 aromatic heterocycles. The third-order valence-corrected chi connectivity index (χ3v) is 16.6. The maximum atomic E-state index is 11.9. The average Bonchev–Trinajstić information content (AvgIpc) is 2.71. The van der Waals surface area contributed by atoms with Gasteiger partial charge in [0.25, 0.3) is 8.32 Å². The van der Waals surface area contributed by atoms with Gasteiger partial charge in [0, 0.05) is 10.0 Å². The zero-order valence-electron chi connectivity index (χ0n) is 23.1. The smallest absolute Gasteiger partial charge is 0.337 e. The van der Waals surface area contributed by atoms with Crippen LogP contribution in [0.25, 0.3) is 12.2 Å². The summed E-state index contributed by atoms with van der Waals surface area (Å²) in [5, 5.41) is 0.183. The maximum absolute atomic E-state index is 11.9. The van der Waals surface area contributed by atoms with Gasteiger partial charge >= 0.3 is 5.97 Å². The van der Waals surface area contributed by atoms with Crippen LogP contribution in [0.5, 0.6) is 11.5 Å². The van der Waals surface area contributed by atoms with Crippen molar-refractivity contribution in [1.29, 1.82) is 0 Å². The van der Waals surface area contributed by atoms with Crippen molar-refractivity contribution in [2.75, 3.05) is 7.11 Å². The second-order valence-corrected chi connectivity index (χ2v) is 22.3. The number of rotatable bonds is 7. The molecule has 7 heteroatoms. The van der Waals surface area contributed by atoms with Crippen molar-refractivity contribution in [3.05, 3.63) is 57.6 Å². The summed E-state index contributed by atoms with van der Waals surface area (Å²) < 4.78 is 18.9. The fourth-order valence-corrected chi connectivity index (χ4v) is 5.35. The average molecular weight is 578 g/mol. The Labute approximate surface area is 222 Å². The molecule has 35 heavy (non-hydrogen) atoms. The molecule has 0 aliphatic carbocycles. The van der Waals surface area contributed by atoms with Gasteiger partial charge in [0.2, 0.25) is 8.32 Å². The van der Waals surface area contributed by atoms with E-state index in [-0.39, 0.29) is 16.0 Å². The summed E-state index contributed by atoms with van der Waals surface area (Å²) in [6.45, 7) is 22.5. The Kier molecular flexibility index (Phi) is 8.94. The molecule has 2 aromatic carbocycles. The van der Waals surface area contributed by atoms with Gasteiger partial charge in [-0.3, -0.25) is 0 Å². The Morgan fingerprint density at radius 1 is 0.800 bits per heavy atom. The van der Waals surface area contributed by atoms with Crippen LogP contribution in [0.2, 0.25) is 36.3 Å². The first-order valence-electron chi connectivity index (χ1n) is 12.0. The van der Waals surface area contributed by atoms with E-state index in [0.29, 0.717) is 5.56 Å². The first-order valence-corrected chi connectivity index (χ1v) is 18.6. The number of carbonyl (C=O) groups is 1. The Morgan fingerprint density at radius 3 is 1.86 bits per heavy atom. The molecule has 2 aromatic rings. The first-order chi connectivity index (χ1) is 15.9. The van der Waals surface area contributed by atoms with Crippen molar-refractivity contribution < 1.29 is 18.4 Å². The van der Waals surface area contributed by atoms with E-state index in [1.165, 1.54) is 7.11 Å². The predicted molar refractivity (Wildman–Crippen MR) is 157 cm³/mol. The van der Waals surface area contributed by atoms with E-state index in [1.807, 2.05) is 24.3 Å². The molecule has 0 fully saturated rings. The molecule has 0 heterocycles. The third-order valence-electron chi connectivity index (χ3n) is 7.20. The van der Waals surface area contributed by atoms with Gasteiger partial charge in [-0.15, -0.1) is 0 Å². The summed E-state index contributed by atoms with van der Waals surface area (Å²) in [4.78, 5) is 11.9.